The van der Waals surface area contributed by atoms with E-state index < -0.39 is 0 Å². The van der Waals surface area contributed by atoms with Crippen LogP contribution in [0.25, 0.3) is 0 Å². The van der Waals surface area contributed by atoms with Crippen molar-refractivity contribution in [1.29, 1.82) is 0 Å². The first kappa shape index (κ1) is 17.2. The van der Waals surface area contributed by atoms with Gasteiger partial charge in [-0.2, -0.15) is 0 Å². The van der Waals surface area contributed by atoms with Crippen molar-refractivity contribution < 1.29 is 9.90 Å². The summed E-state index contributed by atoms with van der Waals surface area (Å²) in [6.07, 6.45) is 5.54. The Labute approximate surface area is 144 Å². The molecule has 0 spiro atoms. The van der Waals surface area contributed by atoms with Crippen LogP contribution in [-0.4, -0.2) is 78.2 Å². The van der Waals surface area contributed by atoms with Crippen LogP contribution in [0.15, 0.2) is 18.3 Å². The number of likely N-dealkylation sites (N-methyl/N-ethyl adjacent to an activating group) is 1. The van der Waals surface area contributed by atoms with Crippen LogP contribution in [0.3, 0.4) is 0 Å². The highest BCUT2D eigenvalue weighted by molar-refractivity contribution is 5.94. The Kier molecular flexibility index (Phi) is 5.68. The Morgan fingerprint density at radius 2 is 2.00 bits per heavy atom. The van der Waals surface area contributed by atoms with E-state index in [0.29, 0.717) is 12.0 Å². The maximum Gasteiger partial charge on any atom is 0.255 e. The van der Waals surface area contributed by atoms with Crippen LogP contribution in [0.1, 0.15) is 36.0 Å². The van der Waals surface area contributed by atoms with Gasteiger partial charge in [0.05, 0.1) is 5.56 Å². The molecule has 1 atom stereocenters. The number of hydrogen-bond donors (Lipinski definition) is 1. The number of aliphatic hydroxyl groups excluding tert-OH is 1. The molecule has 2 aliphatic rings. The van der Waals surface area contributed by atoms with Crippen molar-refractivity contribution in [3.63, 3.8) is 0 Å². The number of aliphatic hydroxyl groups is 1. The van der Waals surface area contributed by atoms with E-state index in [-0.39, 0.29) is 18.6 Å². The Balaban J connectivity index is 1.67. The first-order chi connectivity index (χ1) is 11.7. The van der Waals surface area contributed by atoms with Crippen LogP contribution in [0, 0.1) is 0 Å². The maximum absolute atomic E-state index is 12.8. The van der Waals surface area contributed by atoms with Gasteiger partial charge in [0.15, 0.2) is 0 Å². The van der Waals surface area contributed by atoms with Crippen LogP contribution < -0.4 is 4.90 Å². The second-order valence-corrected chi connectivity index (χ2v) is 6.86. The predicted octanol–water partition coefficient (Wildman–Crippen LogP) is 1.21. The minimum atomic E-state index is 0.0468. The van der Waals surface area contributed by atoms with Gasteiger partial charge >= 0.3 is 0 Å². The summed E-state index contributed by atoms with van der Waals surface area (Å²) < 4.78 is 0. The zero-order valence-electron chi connectivity index (χ0n) is 14.5. The molecule has 6 heteroatoms. The maximum atomic E-state index is 12.8. The molecule has 0 aliphatic carbocycles. The minimum absolute atomic E-state index is 0.0468. The molecule has 0 radical (unpaired) electrons. The van der Waals surface area contributed by atoms with Crippen molar-refractivity contribution in [2.75, 3.05) is 51.3 Å². The fraction of sp³-hybridized carbons (Fsp3) is 0.667. The topological polar surface area (TPSA) is 59.9 Å². The molecule has 2 saturated heterocycles. The van der Waals surface area contributed by atoms with Crippen molar-refractivity contribution in [2.24, 2.45) is 0 Å². The second kappa shape index (κ2) is 7.94. The van der Waals surface area contributed by atoms with Gasteiger partial charge in [-0.3, -0.25) is 4.79 Å². The molecule has 0 aromatic carbocycles. The third-order valence-electron chi connectivity index (χ3n) is 5.17. The highest BCUT2D eigenvalue weighted by Gasteiger charge is 2.27. The summed E-state index contributed by atoms with van der Waals surface area (Å²) in [5, 5.41) is 9.23. The number of piperidine rings is 1. The SMILES string of the molecule is CN1CCN(c2ccc(C(=O)N3CCCCC3CCO)cn2)CC1. The zero-order valence-corrected chi connectivity index (χ0v) is 14.5. The van der Waals surface area contributed by atoms with Crippen molar-refractivity contribution in [1.82, 2.24) is 14.8 Å². The van der Waals surface area contributed by atoms with E-state index in [0.717, 1.165) is 57.8 Å². The Bertz CT molecular complexity index is 538. The molecule has 1 amide bonds. The molecule has 2 aliphatic heterocycles. The van der Waals surface area contributed by atoms with Gasteiger partial charge in [0.1, 0.15) is 5.82 Å². The van der Waals surface area contributed by atoms with E-state index in [9.17, 15) is 9.90 Å². The summed E-state index contributed by atoms with van der Waals surface area (Å²) in [7, 11) is 2.13. The lowest BCUT2D eigenvalue weighted by molar-refractivity contribution is 0.0574. The molecule has 6 nitrogen and oxygen atoms in total. The molecule has 2 fully saturated rings. The molecule has 1 aromatic rings. The average Bonchev–Trinajstić information content (AvgIpc) is 2.63. The molecule has 1 unspecified atom stereocenters. The first-order valence-electron chi connectivity index (χ1n) is 9.00. The van der Waals surface area contributed by atoms with Gasteiger partial charge in [0.25, 0.3) is 5.91 Å². The van der Waals surface area contributed by atoms with Crippen molar-refractivity contribution in [3.8, 4) is 0 Å². The fourth-order valence-electron chi connectivity index (χ4n) is 3.62. The number of likely N-dealkylation sites (tertiary alicyclic amines) is 1. The number of pyridine rings is 1. The van der Waals surface area contributed by atoms with E-state index in [1.807, 2.05) is 17.0 Å². The van der Waals surface area contributed by atoms with E-state index in [1.54, 1.807) is 6.20 Å². The summed E-state index contributed by atoms with van der Waals surface area (Å²) >= 11 is 0. The van der Waals surface area contributed by atoms with Gasteiger partial charge in [-0.05, 0) is 44.9 Å². The monoisotopic (exact) mass is 332 g/mol. The molecule has 1 aromatic heterocycles. The van der Waals surface area contributed by atoms with Gasteiger partial charge in [0, 0.05) is 51.6 Å². The lowest BCUT2D eigenvalue weighted by atomic mass is 9.98. The first-order valence-corrected chi connectivity index (χ1v) is 9.00. The number of amides is 1. The standard InChI is InChI=1S/C18H28N4O2/c1-20-9-11-21(12-10-20)17-6-5-15(14-19-17)18(24)22-8-3-2-4-16(22)7-13-23/h5-6,14,16,23H,2-4,7-13H2,1H3. The van der Waals surface area contributed by atoms with E-state index in [2.05, 4.69) is 21.8 Å². The van der Waals surface area contributed by atoms with Crippen LogP contribution in [-0.2, 0) is 0 Å². The summed E-state index contributed by atoms with van der Waals surface area (Å²) in [6, 6.07) is 4.02. The number of carbonyl (C=O) groups is 1. The number of piperazine rings is 1. The van der Waals surface area contributed by atoms with Crippen LogP contribution >= 0.6 is 0 Å². The number of aromatic nitrogens is 1. The van der Waals surface area contributed by atoms with E-state index in [4.69, 9.17) is 0 Å². The quantitative estimate of drug-likeness (QED) is 0.898. The average molecular weight is 332 g/mol. The summed E-state index contributed by atoms with van der Waals surface area (Å²) in [6.45, 7) is 4.94. The van der Waals surface area contributed by atoms with Gasteiger partial charge in [-0.1, -0.05) is 0 Å². The fourth-order valence-corrected chi connectivity index (χ4v) is 3.62. The van der Waals surface area contributed by atoms with Crippen LogP contribution in [0.5, 0.6) is 0 Å². The molecule has 0 saturated carbocycles. The van der Waals surface area contributed by atoms with E-state index >= 15 is 0 Å². The molecule has 3 heterocycles. The van der Waals surface area contributed by atoms with Crippen molar-refractivity contribution >= 4 is 11.7 Å². The lowest BCUT2D eigenvalue weighted by Crippen LogP contribution is -2.45. The van der Waals surface area contributed by atoms with Gasteiger partial charge in [-0.25, -0.2) is 4.98 Å². The Morgan fingerprint density at radius 1 is 1.21 bits per heavy atom. The van der Waals surface area contributed by atoms with Crippen LogP contribution in [0.4, 0.5) is 5.82 Å². The second-order valence-electron chi connectivity index (χ2n) is 6.86. The predicted molar refractivity (Wildman–Crippen MR) is 94.3 cm³/mol. The molecular formula is C18H28N4O2. The Hall–Kier alpha value is -1.66. The highest BCUT2D eigenvalue weighted by atomic mass is 16.3. The lowest BCUT2D eigenvalue weighted by Gasteiger charge is -2.36. The highest BCUT2D eigenvalue weighted by Crippen LogP contribution is 2.22. The van der Waals surface area contributed by atoms with Crippen LogP contribution in [0.2, 0.25) is 0 Å². The number of nitrogens with zero attached hydrogens (tertiary/aromatic N) is 4. The third kappa shape index (κ3) is 3.87. The molecule has 0 bridgehead atoms. The van der Waals surface area contributed by atoms with Gasteiger partial charge < -0.3 is 19.8 Å². The third-order valence-corrected chi connectivity index (χ3v) is 5.17. The number of anilines is 1. The molecular weight excluding hydrogens is 304 g/mol. The normalized spacial score (nSPS) is 22.7. The van der Waals surface area contributed by atoms with Crippen molar-refractivity contribution in [3.05, 3.63) is 23.9 Å². The smallest absolute Gasteiger partial charge is 0.255 e. The van der Waals surface area contributed by atoms with Gasteiger partial charge in [-0.15, -0.1) is 0 Å². The molecule has 1 N–H and O–H groups in total. The number of hydrogen-bond acceptors (Lipinski definition) is 5. The molecule has 3 rings (SSSR count). The minimum Gasteiger partial charge on any atom is -0.396 e. The van der Waals surface area contributed by atoms with Gasteiger partial charge in [0.2, 0.25) is 0 Å². The largest absolute Gasteiger partial charge is 0.396 e. The summed E-state index contributed by atoms with van der Waals surface area (Å²) in [5.74, 6) is 0.996. The number of rotatable bonds is 4. The summed E-state index contributed by atoms with van der Waals surface area (Å²) in [5.41, 5.74) is 0.651. The van der Waals surface area contributed by atoms with Crippen molar-refractivity contribution in [2.45, 2.75) is 31.7 Å². The Morgan fingerprint density at radius 3 is 2.67 bits per heavy atom. The molecule has 132 valence electrons. The van der Waals surface area contributed by atoms with E-state index in [1.165, 1.54) is 0 Å². The number of carbonyl (C=O) groups excluding carboxylic acids is 1. The molecule has 24 heavy (non-hydrogen) atoms. The summed E-state index contributed by atoms with van der Waals surface area (Å²) in [4.78, 5) is 23.8. The zero-order chi connectivity index (χ0) is 16.9.